The Morgan fingerprint density at radius 3 is 2.26 bits per heavy atom. The lowest BCUT2D eigenvalue weighted by molar-refractivity contribution is -0.140. The van der Waals surface area contributed by atoms with Crippen LogP contribution in [0.3, 0.4) is 0 Å². The summed E-state index contributed by atoms with van der Waals surface area (Å²) in [5.74, 6) is -2.77. The first-order valence-corrected chi connectivity index (χ1v) is 5.62. The Bertz CT molecular complexity index is 506. The minimum absolute atomic E-state index is 0.204. The summed E-state index contributed by atoms with van der Waals surface area (Å²) in [6.07, 6.45) is 1.94. The molecule has 1 aromatic rings. The number of hydrogen-bond donors (Lipinski definition) is 3. The number of hydrogen-bond acceptors (Lipinski definition) is 5. The molecule has 1 aliphatic rings. The van der Waals surface area contributed by atoms with E-state index >= 15 is 0 Å². The van der Waals surface area contributed by atoms with E-state index in [0.29, 0.717) is 10.7 Å². The fraction of sp³-hybridized carbons (Fsp3) is 0.500. The predicted octanol–water partition coefficient (Wildman–Crippen LogP) is -0.706. The second-order valence-electron chi connectivity index (χ2n) is 4.27. The number of amides is 1. The van der Waals surface area contributed by atoms with Crippen LogP contribution in [0.1, 0.15) is 35.2 Å². The summed E-state index contributed by atoms with van der Waals surface area (Å²) in [6.45, 7) is -1.42. The van der Waals surface area contributed by atoms with Gasteiger partial charge in [-0.2, -0.15) is 0 Å². The van der Waals surface area contributed by atoms with Crippen LogP contribution in [0.4, 0.5) is 0 Å². The third-order valence-electron chi connectivity index (χ3n) is 2.60. The Hall–Kier alpha value is -2.45. The van der Waals surface area contributed by atoms with Crippen molar-refractivity contribution in [2.75, 3.05) is 13.1 Å². The van der Waals surface area contributed by atoms with Crippen molar-refractivity contribution in [2.45, 2.75) is 18.8 Å². The maximum Gasteiger partial charge on any atom is 0.323 e. The van der Waals surface area contributed by atoms with Gasteiger partial charge in [-0.1, -0.05) is 0 Å². The molecular formula is C10H12N4O5. The SMILES string of the molecule is O=C(O)CN(CC(=O)O)C(=O)c1n[nH]c(C2CC2)n1. The molecule has 2 rings (SSSR count). The molecule has 1 amide bonds. The average Bonchev–Trinajstić information content (AvgIpc) is 3.04. The van der Waals surface area contributed by atoms with Gasteiger partial charge in [0.1, 0.15) is 18.9 Å². The number of carboxylic acids is 2. The van der Waals surface area contributed by atoms with Gasteiger partial charge in [0.2, 0.25) is 5.82 Å². The van der Waals surface area contributed by atoms with Crippen molar-refractivity contribution >= 4 is 17.8 Å². The molecule has 0 bridgehead atoms. The van der Waals surface area contributed by atoms with E-state index in [1.165, 1.54) is 0 Å². The maximum absolute atomic E-state index is 11.9. The van der Waals surface area contributed by atoms with Crippen molar-refractivity contribution < 1.29 is 24.6 Å². The monoisotopic (exact) mass is 268 g/mol. The summed E-state index contributed by atoms with van der Waals surface area (Å²) in [5, 5.41) is 23.6. The van der Waals surface area contributed by atoms with Crippen LogP contribution < -0.4 is 0 Å². The van der Waals surface area contributed by atoms with Crippen LogP contribution in [0, 0.1) is 0 Å². The molecule has 0 aliphatic heterocycles. The van der Waals surface area contributed by atoms with Crippen LogP contribution in [-0.2, 0) is 9.59 Å². The highest BCUT2D eigenvalue weighted by molar-refractivity contribution is 5.94. The number of nitrogens with zero attached hydrogens (tertiary/aromatic N) is 3. The number of carbonyl (C=O) groups excluding carboxylic acids is 1. The summed E-state index contributed by atoms with van der Waals surface area (Å²) < 4.78 is 0. The molecule has 1 aromatic heterocycles. The molecule has 19 heavy (non-hydrogen) atoms. The molecule has 9 nitrogen and oxygen atoms in total. The second kappa shape index (κ2) is 5.04. The molecule has 1 heterocycles. The summed E-state index contributed by atoms with van der Waals surface area (Å²) in [7, 11) is 0. The van der Waals surface area contributed by atoms with E-state index in [-0.39, 0.29) is 11.7 Å². The zero-order valence-electron chi connectivity index (χ0n) is 9.87. The Morgan fingerprint density at radius 1 is 1.21 bits per heavy atom. The summed E-state index contributed by atoms with van der Waals surface area (Å²) in [4.78, 5) is 37.8. The number of nitrogens with one attached hydrogen (secondary N) is 1. The second-order valence-corrected chi connectivity index (χ2v) is 4.27. The van der Waals surface area contributed by atoms with E-state index in [9.17, 15) is 14.4 Å². The highest BCUT2D eigenvalue weighted by atomic mass is 16.4. The lowest BCUT2D eigenvalue weighted by Gasteiger charge is -2.16. The number of H-pyrrole nitrogens is 1. The molecular weight excluding hydrogens is 256 g/mol. The first kappa shape index (κ1) is 13.0. The summed E-state index contributed by atoms with van der Waals surface area (Å²) in [6, 6.07) is 0. The van der Waals surface area contributed by atoms with E-state index in [2.05, 4.69) is 15.2 Å². The molecule has 3 N–H and O–H groups in total. The van der Waals surface area contributed by atoms with Crippen LogP contribution in [-0.4, -0.2) is 61.2 Å². The van der Waals surface area contributed by atoms with Crippen molar-refractivity contribution in [3.05, 3.63) is 11.6 Å². The van der Waals surface area contributed by atoms with Gasteiger partial charge in [-0.25, -0.2) is 4.98 Å². The summed E-state index contributed by atoms with van der Waals surface area (Å²) >= 11 is 0. The first-order valence-electron chi connectivity index (χ1n) is 5.62. The molecule has 0 saturated heterocycles. The smallest absolute Gasteiger partial charge is 0.323 e. The highest BCUT2D eigenvalue weighted by Crippen LogP contribution is 2.37. The maximum atomic E-state index is 11.9. The zero-order chi connectivity index (χ0) is 14.0. The van der Waals surface area contributed by atoms with Crippen molar-refractivity contribution in [3.63, 3.8) is 0 Å². The Morgan fingerprint density at radius 2 is 1.79 bits per heavy atom. The largest absolute Gasteiger partial charge is 0.480 e. The molecule has 0 spiro atoms. The molecule has 1 aliphatic carbocycles. The topological polar surface area (TPSA) is 136 Å². The Kier molecular flexibility index (Phi) is 3.45. The van der Waals surface area contributed by atoms with Gasteiger partial charge in [0.05, 0.1) is 0 Å². The van der Waals surface area contributed by atoms with Crippen LogP contribution in [0.25, 0.3) is 0 Å². The van der Waals surface area contributed by atoms with Gasteiger partial charge >= 0.3 is 11.9 Å². The van der Waals surface area contributed by atoms with Crippen molar-refractivity contribution in [2.24, 2.45) is 0 Å². The zero-order valence-corrected chi connectivity index (χ0v) is 9.87. The van der Waals surface area contributed by atoms with Crippen molar-refractivity contribution in [1.82, 2.24) is 20.1 Å². The number of aromatic amines is 1. The molecule has 102 valence electrons. The number of aromatic nitrogens is 3. The first-order chi connectivity index (χ1) is 8.97. The van der Waals surface area contributed by atoms with E-state index < -0.39 is 30.9 Å². The highest BCUT2D eigenvalue weighted by Gasteiger charge is 2.30. The molecule has 9 heteroatoms. The van der Waals surface area contributed by atoms with E-state index in [1.54, 1.807) is 0 Å². The Balaban J connectivity index is 2.11. The lowest BCUT2D eigenvalue weighted by atomic mass is 10.4. The normalized spacial score (nSPS) is 14.1. The van der Waals surface area contributed by atoms with Crippen LogP contribution in [0.2, 0.25) is 0 Å². The molecule has 0 unspecified atom stereocenters. The molecule has 0 aromatic carbocycles. The standard InChI is InChI=1S/C10H12N4O5/c15-6(16)3-14(4-7(17)18)10(19)9-11-8(12-13-9)5-1-2-5/h5H,1-4H2,(H,15,16)(H,17,18)(H,11,12,13). The minimum Gasteiger partial charge on any atom is -0.480 e. The van der Waals surface area contributed by atoms with E-state index in [1.807, 2.05) is 0 Å². The minimum atomic E-state index is -1.30. The molecule has 1 saturated carbocycles. The fourth-order valence-corrected chi connectivity index (χ4v) is 1.58. The predicted molar refractivity (Wildman–Crippen MR) is 59.5 cm³/mol. The van der Waals surface area contributed by atoms with E-state index in [0.717, 1.165) is 12.8 Å². The van der Waals surface area contributed by atoms with Crippen molar-refractivity contribution in [3.8, 4) is 0 Å². The number of carboxylic acid groups (broad SMARTS) is 2. The third-order valence-corrected chi connectivity index (χ3v) is 2.60. The van der Waals surface area contributed by atoms with Gasteiger partial charge in [-0.3, -0.25) is 19.5 Å². The van der Waals surface area contributed by atoms with Gasteiger partial charge in [0, 0.05) is 5.92 Å². The number of rotatable bonds is 6. The third kappa shape index (κ3) is 3.27. The van der Waals surface area contributed by atoms with Crippen molar-refractivity contribution in [1.29, 1.82) is 0 Å². The van der Waals surface area contributed by atoms with Gasteiger partial charge in [-0.05, 0) is 12.8 Å². The van der Waals surface area contributed by atoms with E-state index in [4.69, 9.17) is 10.2 Å². The fourth-order valence-electron chi connectivity index (χ4n) is 1.58. The average molecular weight is 268 g/mol. The van der Waals surface area contributed by atoms with Crippen LogP contribution >= 0.6 is 0 Å². The van der Waals surface area contributed by atoms with Gasteiger partial charge < -0.3 is 15.1 Å². The molecule has 0 radical (unpaired) electrons. The van der Waals surface area contributed by atoms with Crippen LogP contribution in [0.15, 0.2) is 0 Å². The van der Waals surface area contributed by atoms with Gasteiger partial charge in [0.15, 0.2) is 0 Å². The summed E-state index contributed by atoms with van der Waals surface area (Å²) in [5.41, 5.74) is 0. The Labute approximate surface area is 107 Å². The number of carbonyl (C=O) groups is 3. The lowest BCUT2D eigenvalue weighted by Crippen LogP contribution is -2.39. The van der Waals surface area contributed by atoms with Crippen LogP contribution in [0.5, 0.6) is 0 Å². The van der Waals surface area contributed by atoms with Gasteiger partial charge in [0.25, 0.3) is 5.91 Å². The molecule has 0 atom stereocenters. The number of aliphatic carboxylic acids is 2. The van der Waals surface area contributed by atoms with Gasteiger partial charge in [-0.15, -0.1) is 5.10 Å². The molecule has 1 fully saturated rings. The quantitative estimate of drug-likeness (QED) is 0.620.